The number of hydrogen-bond acceptors (Lipinski definition) is 5. The second-order valence-electron chi connectivity index (χ2n) is 6.12. The zero-order chi connectivity index (χ0) is 15.4. The molecular weight excluding hydrogens is 274 g/mol. The van der Waals surface area contributed by atoms with Crippen molar-refractivity contribution in [2.24, 2.45) is 5.92 Å². The average molecular weight is 297 g/mol. The lowest BCUT2D eigenvalue weighted by atomic mass is 10.1. The van der Waals surface area contributed by atoms with Crippen LogP contribution in [0, 0.1) is 5.92 Å². The van der Waals surface area contributed by atoms with Gasteiger partial charge in [-0.2, -0.15) is 0 Å². The van der Waals surface area contributed by atoms with Crippen LogP contribution >= 0.6 is 0 Å². The minimum Gasteiger partial charge on any atom is -0.356 e. The molecule has 1 fully saturated rings. The molecule has 116 valence electrons. The molecule has 0 spiro atoms. The monoisotopic (exact) mass is 297 g/mol. The Morgan fingerprint density at radius 2 is 2.05 bits per heavy atom. The van der Waals surface area contributed by atoms with Crippen LogP contribution in [0.15, 0.2) is 42.7 Å². The summed E-state index contributed by atoms with van der Waals surface area (Å²) in [5, 5.41) is 3.33. The van der Waals surface area contributed by atoms with E-state index in [0.29, 0.717) is 0 Å². The molecule has 5 heteroatoms. The van der Waals surface area contributed by atoms with Crippen molar-refractivity contribution in [3.05, 3.63) is 42.7 Å². The lowest BCUT2D eigenvalue weighted by Crippen LogP contribution is -2.26. The number of nitrogens with one attached hydrogen (secondary N) is 1. The lowest BCUT2D eigenvalue weighted by molar-refractivity contribution is 0.340. The summed E-state index contributed by atoms with van der Waals surface area (Å²) in [6.07, 6.45) is 2.86. The summed E-state index contributed by atoms with van der Waals surface area (Å²) in [4.78, 5) is 13.4. The first-order valence-corrected chi connectivity index (χ1v) is 7.74. The normalized spacial score (nSPS) is 18.0. The van der Waals surface area contributed by atoms with E-state index in [2.05, 4.69) is 39.2 Å². The predicted octanol–water partition coefficient (Wildman–Crippen LogP) is 2.61. The number of hydrogen-bond donors (Lipinski definition) is 1. The second kappa shape index (κ2) is 6.75. The highest BCUT2D eigenvalue weighted by molar-refractivity contribution is 5.59. The first-order valence-electron chi connectivity index (χ1n) is 7.74. The summed E-state index contributed by atoms with van der Waals surface area (Å²) in [6.45, 7) is 3.27. The molecule has 0 amide bonds. The highest BCUT2D eigenvalue weighted by Gasteiger charge is 2.24. The fourth-order valence-electron chi connectivity index (χ4n) is 2.96. The molecule has 1 aliphatic heterocycles. The maximum absolute atomic E-state index is 4.44. The first kappa shape index (κ1) is 14.8. The quantitative estimate of drug-likeness (QED) is 0.919. The van der Waals surface area contributed by atoms with Crippen molar-refractivity contribution in [3.63, 3.8) is 0 Å². The lowest BCUT2D eigenvalue weighted by Gasteiger charge is -2.19. The summed E-state index contributed by atoms with van der Waals surface area (Å²) in [6, 6.07) is 12.1. The van der Waals surface area contributed by atoms with E-state index in [1.54, 1.807) is 6.33 Å². The standard InChI is InChI=1S/C17H23N5/c1-21(2)11-14-8-9-22(12-14)17-10-16(18-13-19-17)20-15-6-4-3-5-7-15/h3-7,10,13-14H,8-9,11-12H2,1-2H3,(H,18,19,20). The second-order valence-corrected chi connectivity index (χ2v) is 6.12. The van der Waals surface area contributed by atoms with E-state index < -0.39 is 0 Å². The van der Waals surface area contributed by atoms with Crippen LogP contribution in [-0.2, 0) is 0 Å². The van der Waals surface area contributed by atoms with Gasteiger partial charge in [0, 0.05) is 31.4 Å². The van der Waals surface area contributed by atoms with Gasteiger partial charge in [-0.3, -0.25) is 0 Å². The number of rotatable bonds is 5. The maximum atomic E-state index is 4.44. The predicted molar refractivity (Wildman–Crippen MR) is 90.6 cm³/mol. The van der Waals surface area contributed by atoms with Gasteiger partial charge in [0.25, 0.3) is 0 Å². The third-order valence-corrected chi connectivity index (χ3v) is 3.93. The third-order valence-electron chi connectivity index (χ3n) is 3.93. The zero-order valence-electron chi connectivity index (χ0n) is 13.2. The van der Waals surface area contributed by atoms with Crippen molar-refractivity contribution in [2.45, 2.75) is 6.42 Å². The first-order chi connectivity index (χ1) is 10.7. The van der Waals surface area contributed by atoms with Crippen LogP contribution in [0.3, 0.4) is 0 Å². The van der Waals surface area contributed by atoms with Gasteiger partial charge in [-0.05, 0) is 38.6 Å². The Morgan fingerprint density at radius 1 is 1.23 bits per heavy atom. The minimum atomic E-state index is 0.718. The molecule has 1 unspecified atom stereocenters. The fraction of sp³-hybridized carbons (Fsp3) is 0.412. The Kier molecular flexibility index (Phi) is 4.53. The molecule has 22 heavy (non-hydrogen) atoms. The van der Waals surface area contributed by atoms with Gasteiger partial charge in [-0.15, -0.1) is 0 Å². The molecular formula is C17H23N5. The number of benzene rings is 1. The summed E-state index contributed by atoms with van der Waals surface area (Å²) in [5.74, 6) is 2.57. The highest BCUT2D eigenvalue weighted by atomic mass is 15.2. The molecule has 1 aromatic carbocycles. The van der Waals surface area contributed by atoms with Crippen LogP contribution in [-0.4, -0.2) is 48.6 Å². The van der Waals surface area contributed by atoms with Gasteiger partial charge in [-0.1, -0.05) is 18.2 Å². The van der Waals surface area contributed by atoms with Crippen LogP contribution in [0.1, 0.15) is 6.42 Å². The van der Waals surface area contributed by atoms with Crippen molar-refractivity contribution in [2.75, 3.05) is 43.9 Å². The van der Waals surface area contributed by atoms with Crippen molar-refractivity contribution in [1.82, 2.24) is 14.9 Å². The molecule has 1 N–H and O–H groups in total. The molecule has 5 nitrogen and oxygen atoms in total. The Bertz CT molecular complexity index is 599. The Hall–Kier alpha value is -2.14. The summed E-state index contributed by atoms with van der Waals surface area (Å²) < 4.78 is 0. The van der Waals surface area contributed by atoms with Gasteiger partial charge in [0.2, 0.25) is 0 Å². The Balaban J connectivity index is 1.67. The fourth-order valence-corrected chi connectivity index (χ4v) is 2.96. The van der Waals surface area contributed by atoms with Gasteiger partial charge >= 0.3 is 0 Å². The van der Waals surface area contributed by atoms with Crippen LogP contribution in [0.25, 0.3) is 0 Å². The highest BCUT2D eigenvalue weighted by Crippen LogP contribution is 2.24. The summed E-state index contributed by atoms with van der Waals surface area (Å²) >= 11 is 0. The van der Waals surface area contributed by atoms with E-state index >= 15 is 0 Å². The van der Waals surface area contributed by atoms with E-state index in [1.165, 1.54) is 6.42 Å². The number of para-hydroxylation sites is 1. The van der Waals surface area contributed by atoms with E-state index in [9.17, 15) is 0 Å². The molecule has 1 aromatic heterocycles. The van der Waals surface area contributed by atoms with E-state index in [0.717, 1.165) is 42.9 Å². The van der Waals surface area contributed by atoms with Crippen LogP contribution < -0.4 is 10.2 Å². The maximum Gasteiger partial charge on any atom is 0.135 e. The van der Waals surface area contributed by atoms with Gasteiger partial charge in [0.15, 0.2) is 0 Å². The third kappa shape index (κ3) is 3.74. The zero-order valence-corrected chi connectivity index (χ0v) is 13.2. The summed E-state index contributed by atoms with van der Waals surface area (Å²) in [5.41, 5.74) is 1.04. The largest absolute Gasteiger partial charge is 0.356 e. The van der Waals surface area contributed by atoms with E-state index in [4.69, 9.17) is 0 Å². The van der Waals surface area contributed by atoms with Gasteiger partial charge < -0.3 is 15.1 Å². The van der Waals surface area contributed by atoms with Crippen molar-refractivity contribution < 1.29 is 0 Å². The molecule has 3 rings (SSSR count). The minimum absolute atomic E-state index is 0.718. The SMILES string of the molecule is CN(C)CC1CCN(c2cc(Nc3ccccc3)ncn2)C1. The average Bonchev–Trinajstić information content (AvgIpc) is 2.96. The van der Waals surface area contributed by atoms with Crippen LogP contribution in [0.4, 0.5) is 17.3 Å². The topological polar surface area (TPSA) is 44.3 Å². The van der Waals surface area contributed by atoms with Gasteiger partial charge in [0.1, 0.15) is 18.0 Å². The molecule has 0 bridgehead atoms. The van der Waals surface area contributed by atoms with Crippen LogP contribution in [0.2, 0.25) is 0 Å². The van der Waals surface area contributed by atoms with Crippen molar-refractivity contribution in [3.8, 4) is 0 Å². The van der Waals surface area contributed by atoms with Crippen molar-refractivity contribution >= 4 is 17.3 Å². The Morgan fingerprint density at radius 3 is 2.82 bits per heavy atom. The van der Waals surface area contributed by atoms with Gasteiger partial charge in [0.05, 0.1) is 0 Å². The number of anilines is 3. The Labute approximate surface area is 132 Å². The van der Waals surface area contributed by atoms with Crippen molar-refractivity contribution in [1.29, 1.82) is 0 Å². The van der Waals surface area contributed by atoms with E-state index in [1.807, 2.05) is 36.4 Å². The van der Waals surface area contributed by atoms with Gasteiger partial charge in [-0.25, -0.2) is 9.97 Å². The molecule has 1 atom stereocenters. The molecule has 0 aliphatic carbocycles. The molecule has 2 aromatic rings. The molecule has 0 saturated carbocycles. The number of nitrogens with zero attached hydrogens (tertiary/aromatic N) is 4. The smallest absolute Gasteiger partial charge is 0.135 e. The van der Waals surface area contributed by atoms with Crippen LogP contribution in [0.5, 0.6) is 0 Å². The summed E-state index contributed by atoms with van der Waals surface area (Å²) in [7, 11) is 4.27. The molecule has 0 radical (unpaired) electrons. The molecule has 1 saturated heterocycles. The molecule has 2 heterocycles. The van der Waals surface area contributed by atoms with E-state index in [-0.39, 0.29) is 0 Å². The number of aromatic nitrogens is 2. The molecule has 1 aliphatic rings.